The number of anilines is 3. The van der Waals surface area contributed by atoms with E-state index in [0.717, 1.165) is 17.8 Å². The molecule has 4 rings (SSSR count). The second kappa shape index (κ2) is 12.1. The number of nitrogen functional groups attached to an aromatic ring is 1. The normalized spacial score (nSPS) is 17.8. The number of rotatable bonds is 7. The van der Waals surface area contributed by atoms with Gasteiger partial charge in [0.05, 0.1) is 17.9 Å². The Bertz CT molecular complexity index is 1320. The molecule has 220 valence electrons. The Labute approximate surface area is 245 Å². The van der Waals surface area contributed by atoms with E-state index >= 15 is 0 Å². The summed E-state index contributed by atoms with van der Waals surface area (Å²) in [6, 6.07) is 11.4. The Balaban J connectivity index is 1.54. The summed E-state index contributed by atoms with van der Waals surface area (Å²) in [5.41, 5.74) is 7.47. The number of halogens is 1. The van der Waals surface area contributed by atoms with Crippen LogP contribution in [0.15, 0.2) is 42.5 Å². The molecule has 2 aromatic carbocycles. The SMILES string of the molecule is CC(C)N1CCN(c2ccc(C[C@@H](C(=O)OC(C)(C)C)N3CCN(c4cc(Cl)ccc4N)C(=O)C3=O)cc2)C(=O)C1. The van der Waals surface area contributed by atoms with Gasteiger partial charge in [0.1, 0.15) is 11.6 Å². The van der Waals surface area contributed by atoms with Crippen LogP contribution in [0.1, 0.15) is 40.2 Å². The van der Waals surface area contributed by atoms with E-state index < -0.39 is 29.4 Å². The quantitative estimate of drug-likeness (QED) is 0.302. The predicted molar refractivity (Wildman–Crippen MR) is 159 cm³/mol. The lowest BCUT2D eigenvalue weighted by molar-refractivity contribution is -0.166. The molecule has 2 aromatic rings. The molecule has 0 spiro atoms. The summed E-state index contributed by atoms with van der Waals surface area (Å²) in [4.78, 5) is 59.2. The molecule has 0 aliphatic carbocycles. The number of piperazine rings is 2. The number of hydrogen-bond acceptors (Lipinski definition) is 7. The first-order valence-corrected chi connectivity index (χ1v) is 14.2. The van der Waals surface area contributed by atoms with Crippen LogP contribution in [0.4, 0.5) is 17.1 Å². The number of nitrogens with two attached hydrogens (primary N) is 1. The van der Waals surface area contributed by atoms with E-state index in [4.69, 9.17) is 22.1 Å². The van der Waals surface area contributed by atoms with E-state index in [9.17, 15) is 19.2 Å². The molecule has 10 nitrogen and oxygen atoms in total. The number of hydrogen-bond donors (Lipinski definition) is 1. The molecule has 2 heterocycles. The van der Waals surface area contributed by atoms with Crippen molar-refractivity contribution in [3.05, 3.63) is 53.1 Å². The smallest absolute Gasteiger partial charge is 0.329 e. The van der Waals surface area contributed by atoms with Gasteiger partial charge in [-0.15, -0.1) is 0 Å². The fourth-order valence-corrected chi connectivity index (χ4v) is 5.22. The van der Waals surface area contributed by atoms with Crippen molar-refractivity contribution in [2.24, 2.45) is 0 Å². The Hall–Kier alpha value is -3.63. The second-order valence-corrected chi connectivity index (χ2v) is 12.1. The molecule has 3 amide bonds. The molecule has 11 heteroatoms. The van der Waals surface area contributed by atoms with Crippen molar-refractivity contribution >= 4 is 52.4 Å². The van der Waals surface area contributed by atoms with Crippen molar-refractivity contribution < 1.29 is 23.9 Å². The van der Waals surface area contributed by atoms with E-state index in [-0.39, 0.29) is 25.4 Å². The average Bonchev–Trinajstić information content (AvgIpc) is 2.90. The number of benzene rings is 2. The molecule has 2 aliphatic rings. The number of nitrogens with zero attached hydrogens (tertiary/aromatic N) is 4. The second-order valence-electron chi connectivity index (χ2n) is 11.7. The molecule has 0 bridgehead atoms. The molecule has 2 aliphatic heterocycles. The largest absolute Gasteiger partial charge is 0.458 e. The van der Waals surface area contributed by atoms with Crippen molar-refractivity contribution in [1.29, 1.82) is 0 Å². The summed E-state index contributed by atoms with van der Waals surface area (Å²) in [6.07, 6.45) is 0.141. The lowest BCUT2D eigenvalue weighted by Crippen LogP contribution is -2.60. The molecule has 0 radical (unpaired) electrons. The molecule has 0 aromatic heterocycles. The summed E-state index contributed by atoms with van der Waals surface area (Å²) < 4.78 is 5.66. The van der Waals surface area contributed by atoms with E-state index in [1.807, 2.05) is 24.3 Å². The zero-order valence-electron chi connectivity index (χ0n) is 24.2. The van der Waals surface area contributed by atoms with Gasteiger partial charge in [-0.25, -0.2) is 4.79 Å². The molecule has 0 unspecified atom stereocenters. The van der Waals surface area contributed by atoms with Crippen LogP contribution in [0.25, 0.3) is 0 Å². The van der Waals surface area contributed by atoms with Gasteiger partial charge in [0.25, 0.3) is 0 Å². The van der Waals surface area contributed by atoms with Crippen LogP contribution in [-0.4, -0.2) is 83.9 Å². The van der Waals surface area contributed by atoms with Crippen LogP contribution in [-0.2, 0) is 30.3 Å². The third-order valence-corrected chi connectivity index (χ3v) is 7.48. The van der Waals surface area contributed by atoms with Crippen molar-refractivity contribution in [2.75, 3.05) is 48.3 Å². The van der Waals surface area contributed by atoms with Crippen LogP contribution in [0, 0.1) is 0 Å². The molecule has 0 saturated carbocycles. The van der Waals surface area contributed by atoms with E-state index in [0.29, 0.717) is 35.5 Å². The molecule has 41 heavy (non-hydrogen) atoms. The summed E-state index contributed by atoms with van der Waals surface area (Å²) >= 11 is 6.11. The molecule has 1 atom stereocenters. The standard InChI is InChI=1S/C30H38ClN5O5/c1-19(2)33-12-13-34(26(37)18-33)22-9-6-20(7-10-22)16-25(29(40)41-30(3,4)5)36-15-14-35(27(38)28(36)39)24-17-21(31)8-11-23(24)32/h6-11,17,19,25H,12-16,18,32H2,1-5H3/t25-/m0/s1. The Kier molecular flexibility index (Phi) is 8.94. The average molecular weight is 584 g/mol. The van der Waals surface area contributed by atoms with E-state index in [1.54, 1.807) is 37.8 Å². The van der Waals surface area contributed by atoms with Gasteiger partial charge in [0.15, 0.2) is 0 Å². The maximum absolute atomic E-state index is 13.4. The van der Waals surface area contributed by atoms with Crippen LogP contribution in [0.2, 0.25) is 5.02 Å². The minimum atomic E-state index is -1.02. The summed E-state index contributed by atoms with van der Waals surface area (Å²) in [7, 11) is 0. The maximum Gasteiger partial charge on any atom is 0.329 e. The monoisotopic (exact) mass is 583 g/mol. The fraction of sp³-hybridized carbons (Fsp3) is 0.467. The first-order valence-electron chi connectivity index (χ1n) is 13.8. The fourth-order valence-electron chi connectivity index (χ4n) is 5.06. The highest BCUT2D eigenvalue weighted by Crippen LogP contribution is 2.30. The molecule has 2 fully saturated rings. The molecule has 2 saturated heterocycles. The minimum absolute atomic E-state index is 0.0339. The third kappa shape index (κ3) is 7.00. The van der Waals surface area contributed by atoms with Crippen molar-refractivity contribution in [2.45, 2.75) is 58.7 Å². The third-order valence-electron chi connectivity index (χ3n) is 7.25. The van der Waals surface area contributed by atoms with Gasteiger partial charge in [-0.1, -0.05) is 23.7 Å². The van der Waals surface area contributed by atoms with Crippen molar-refractivity contribution in [1.82, 2.24) is 9.80 Å². The van der Waals surface area contributed by atoms with Crippen LogP contribution in [0.5, 0.6) is 0 Å². The zero-order chi connectivity index (χ0) is 30.1. The molecular weight excluding hydrogens is 546 g/mol. The first-order chi connectivity index (χ1) is 19.2. The summed E-state index contributed by atoms with van der Waals surface area (Å²) in [6.45, 7) is 11.4. The van der Waals surface area contributed by atoms with Gasteiger partial charge in [-0.2, -0.15) is 0 Å². The topological polar surface area (TPSA) is 116 Å². The number of esters is 1. The number of carbonyl (C=O) groups is 4. The van der Waals surface area contributed by atoms with Crippen molar-refractivity contribution in [3.8, 4) is 0 Å². The number of amides is 3. The van der Waals surface area contributed by atoms with Gasteiger partial charge in [0.2, 0.25) is 5.91 Å². The van der Waals surface area contributed by atoms with E-state index in [1.165, 1.54) is 15.9 Å². The molecule has 2 N–H and O–H groups in total. The zero-order valence-corrected chi connectivity index (χ0v) is 25.0. The van der Waals surface area contributed by atoms with Gasteiger partial charge in [0, 0.05) is 49.4 Å². The molecular formula is C30H38ClN5O5. The highest BCUT2D eigenvalue weighted by atomic mass is 35.5. The maximum atomic E-state index is 13.4. The van der Waals surface area contributed by atoms with Crippen molar-refractivity contribution in [3.63, 3.8) is 0 Å². The van der Waals surface area contributed by atoms with Crippen LogP contribution >= 0.6 is 11.6 Å². The predicted octanol–water partition coefficient (Wildman–Crippen LogP) is 3.11. The number of carbonyl (C=O) groups excluding carboxylic acids is 4. The van der Waals surface area contributed by atoms with Gasteiger partial charge in [-0.05, 0) is 70.5 Å². The minimum Gasteiger partial charge on any atom is -0.458 e. The van der Waals surface area contributed by atoms with E-state index in [2.05, 4.69) is 18.7 Å². The highest BCUT2D eigenvalue weighted by molar-refractivity contribution is 6.41. The van der Waals surface area contributed by atoms with Gasteiger partial charge >= 0.3 is 17.8 Å². The van der Waals surface area contributed by atoms with Crippen LogP contribution < -0.4 is 15.5 Å². The first kappa shape index (κ1) is 30.3. The number of ether oxygens (including phenoxy) is 1. The summed E-state index contributed by atoms with van der Waals surface area (Å²) in [5.74, 6) is -2.19. The Morgan fingerprint density at radius 2 is 1.61 bits per heavy atom. The Morgan fingerprint density at radius 1 is 0.951 bits per heavy atom. The van der Waals surface area contributed by atoms with Crippen LogP contribution in [0.3, 0.4) is 0 Å². The van der Waals surface area contributed by atoms with Gasteiger partial charge in [-0.3, -0.25) is 19.3 Å². The Morgan fingerprint density at radius 3 is 2.22 bits per heavy atom. The highest BCUT2D eigenvalue weighted by Gasteiger charge is 2.41. The lowest BCUT2D eigenvalue weighted by Gasteiger charge is -2.38. The lowest BCUT2D eigenvalue weighted by atomic mass is 10.0. The summed E-state index contributed by atoms with van der Waals surface area (Å²) in [5, 5.41) is 0.385. The van der Waals surface area contributed by atoms with Gasteiger partial charge < -0.3 is 25.2 Å².